The molecule has 17 heavy (non-hydrogen) atoms. The number of nitrogens with one attached hydrogen (secondary N) is 1. The Balaban J connectivity index is 0.000000557. The molecule has 0 saturated carbocycles. The van der Waals surface area contributed by atoms with Gasteiger partial charge in [0.2, 0.25) is 5.91 Å². The molecule has 0 saturated heterocycles. The summed E-state index contributed by atoms with van der Waals surface area (Å²) in [7, 11) is 0. The number of rotatable bonds is 1. The quantitative estimate of drug-likeness (QED) is 0.616. The van der Waals surface area contributed by atoms with Gasteiger partial charge in [-0.25, -0.2) is 0 Å². The van der Waals surface area contributed by atoms with Gasteiger partial charge in [-0.3, -0.25) is 4.79 Å². The van der Waals surface area contributed by atoms with Gasteiger partial charge in [0.15, 0.2) is 0 Å². The van der Waals surface area contributed by atoms with Crippen molar-refractivity contribution in [3.05, 3.63) is 37.8 Å². The molecule has 2 N–H and O–H groups in total. The van der Waals surface area contributed by atoms with E-state index >= 15 is 0 Å². The second kappa shape index (κ2) is 6.85. The van der Waals surface area contributed by atoms with Crippen molar-refractivity contribution in [3.63, 3.8) is 0 Å². The van der Waals surface area contributed by atoms with Crippen LogP contribution in [0.1, 0.15) is 18.1 Å². The maximum Gasteiger partial charge on any atom is 0.291 e. The Bertz CT molecular complexity index is 407. The Morgan fingerprint density at radius 2 is 1.94 bits per heavy atom. The van der Waals surface area contributed by atoms with Crippen LogP contribution in [-0.2, 0) is 4.79 Å². The number of hydrogen-bond acceptors (Lipinski definition) is 3. The van der Waals surface area contributed by atoms with Crippen LogP contribution in [-0.4, -0.2) is 16.2 Å². The normalized spacial score (nSPS) is 8.94. The first-order valence-electron chi connectivity index (χ1n) is 4.61. The highest BCUT2D eigenvalue weighted by Gasteiger charge is 2.05. The van der Waals surface area contributed by atoms with Gasteiger partial charge in [-0.1, -0.05) is 6.07 Å². The van der Waals surface area contributed by atoms with Gasteiger partial charge in [0.05, 0.1) is 5.69 Å². The largest absolute Gasteiger partial charge is 0.328 e. The monoisotopic (exact) mass is 304 g/mol. The van der Waals surface area contributed by atoms with Gasteiger partial charge in [-0.2, -0.15) is 0 Å². The van der Waals surface area contributed by atoms with Crippen molar-refractivity contribution in [2.75, 3.05) is 5.32 Å². The number of benzene rings is 1. The Labute approximate surface area is 107 Å². The van der Waals surface area contributed by atoms with Gasteiger partial charge in [-0.15, -0.1) is 10.1 Å². The zero-order valence-corrected chi connectivity index (χ0v) is 11.2. The molecule has 0 atom stereocenters. The Kier molecular flexibility index (Phi) is 6.19. The van der Waals surface area contributed by atoms with Crippen LogP contribution in [0.4, 0.5) is 5.69 Å². The van der Waals surface area contributed by atoms with E-state index in [1.165, 1.54) is 12.5 Å². The Hall–Kier alpha value is -1.63. The molecule has 0 fully saturated rings. The molecule has 1 aromatic rings. The summed E-state index contributed by atoms with van der Waals surface area (Å²) in [5.41, 5.74) is 3.11. The second-order valence-electron chi connectivity index (χ2n) is 3.36. The number of nitrogens with zero attached hydrogens (tertiary/aromatic N) is 1. The molecule has 0 spiro atoms. The molecule has 0 unspecified atom stereocenters. The third-order valence-corrected chi connectivity index (χ3v) is 2.36. The van der Waals surface area contributed by atoms with E-state index in [2.05, 4.69) is 21.2 Å². The summed E-state index contributed by atoms with van der Waals surface area (Å²) in [5, 5.41) is 16.4. The van der Waals surface area contributed by atoms with Crippen molar-refractivity contribution >= 4 is 27.5 Å². The number of halogens is 1. The smallest absolute Gasteiger partial charge is 0.291 e. The highest BCUT2D eigenvalue weighted by Crippen LogP contribution is 2.27. The summed E-state index contributed by atoms with van der Waals surface area (Å²) in [6, 6.07) is 4.02. The van der Waals surface area contributed by atoms with E-state index in [9.17, 15) is 4.79 Å². The molecule has 0 aromatic heterocycles. The summed E-state index contributed by atoms with van der Waals surface area (Å²) in [6.07, 6.45) is 0. The minimum absolute atomic E-state index is 0.0485. The van der Waals surface area contributed by atoms with Crippen molar-refractivity contribution < 1.29 is 15.1 Å². The molecule has 1 amide bonds. The van der Waals surface area contributed by atoms with E-state index in [0.717, 1.165) is 15.7 Å². The third kappa shape index (κ3) is 6.52. The zero-order chi connectivity index (χ0) is 13.6. The van der Waals surface area contributed by atoms with E-state index in [0.29, 0.717) is 0 Å². The van der Waals surface area contributed by atoms with Crippen LogP contribution >= 0.6 is 15.9 Å². The van der Waals surface area contributed by atoms with Gasteiger partial charge < -0.3 is 10.5 Å². The molecule has 1 rings (SSSR count). The van der Waals surface area contributed by atoms with Crippen LogP contribution in [0.15, 0.2) is 16.6 Å². The van der Waals surface area contributed by atoms with Crippen LogP contribution in [0, 0.1) is 24.0 Å². The van der Waals surface area contributed by atoms with Crippen molar-refractivity contribution in [1.29, 1.82) is 0 Å². The number of amides is 1. The summed E-state index contributed by atoms with van der Waals surface area (Å²) in [5.74, 6) is -0.0485. The summed E-state index contributed by atoms with van der Waals surface area (Å²) >= 11 is 3.41. The Morgan fingerprint density at radius 3 is 2.29 bits per heavy atom. The zero-order valence-electron chi connectivity index (χ0n) is 9.65. The van der Waals surface area contributed by atoms with Crippen molar-refractivity contribution in [2.45, 2.75) is 20.8 Å². The van der Waals surface area contributed by atoms with E-state index in [1.807, 2.05) is 26.0 Å². The number of aryl methyl sites for hydroxylation is 2. The fourth-order valence-corrected chi connectivity index (χ4v) is 2.02. The van der Waals surface area contributed by atoms with E-state index in [1.54, 1.807) is 0 Å². The van der Waals surface area contributed by atoms with Crippen LogP contribution in [0.25, 0.3) is 0 Å². The van der Waals surface area contributed by atoms with Gasteiger partial charge in [0.25, 0.3) is 5.09 Å². The molecule has 0 aliphatic heterocycles. The van der Waals surface area contributed by atoms with E-state index in [-0.39, 0.29) is 5.91 Å². The first-order chi connectivity index (χ1) is 7.73. The fourth-order valence-electron chi connectivity index (χ4n) is 1.25. The fraction of sp³-hybridized carbons (Fsp3) is 0.300. The molecule has 1 aromatic carbocycles. The number of carbonyl (C=O) groups excluding carboxylic acids is 1. The standard InChI is InChI=1S/C10H12BrNO.HNO3/c1-6-4-7(2)10(9(11)5-6)12-8(3)13;2-1(3)4/h4-5H,1-3H3,(H,12,13);(H,2,3,4). The lowest BCUT2D eigenvalue weighted by Gasteiger charge is -2.09. The van der Waals surface area contributed by atoms with Crippen LogP contribution in [0.2, 0.25) is 0 Å². The van der Waals surface area contributed by atoms with Crippen molar-refractivity contribution in [1.82, 2.24) is 0 Å². The molecular formula is C10H13BrN2O4. The SMILES string of the molecule is CC(=O)Nc1c(C)cc(C)cc1Br.O=[N+]([O-])O. The predicted octanol–water partition coefficient (Wildman–Crippen LogP) is 2.68. The van der Waals surface area contributed by atoms with Gasteiger partial charge in [0, 0.05) is 11.4 Å². The molecule has 0 aliphatic carbocycles. The number of hydrogen-bond donors (Lipinski definition) is 2. The molecule has 0 aliphatic rings. The van der Waals surface area contributed by atoms with Crippen molar-refractivity contribution in [3.8, 4) is 0 Å². The van der Waals surface area contributed by atoms with Crippen molar-refractivity contribution in [2.24, 2.45) is 0 Å². The van der Waals surface area contributed by atoms with Gasteiger partial charge in [0.1, 0.15) is 0 Å². The Morgan fingerprint density at radius 1 is 1.47 bits per heavy atom. The highest BCUT2D eigenvalue weighted by molar-refractivity contribution is 9.10. The van der Waals surface area contributed by atoms with Crippen LogP contribution in [0.5, 0.6) is 0 Å². The predicted molar refractivity (Wildman–Crippen MR) is 66.7 cm³/mol. The first-order valence-corrected chi connectivity index (χ1v) is 5.41. The minimum Gasteiger partial charge on any atom is -0.328 e. The topological polar surface area (TPSA) is 92.5 Å². The van der Waals surface area contributed by atoms with E-state index < -0.39 is 5.09 Å². The molecule has 7 heteroatoms. The summed E-state index contributed by atoms with van der Waals surface area (Å²) in [4.78, 5) is 19.2. The maximum atomic E-state index is 10.9. The molecule has 0 bridgehead atoms. The molecule has 6 nitrogen and oxygen atoms in total. The minimum atomic E-state index is -1.50. The second-order valence-corrected chi connectivity index (χ2v) is 4.21. The number of anilines is 1. The van der Waals surface area contributed by atoms with Crippen LogP contribution in [0.3, 0.4) is 0 Å². The highest BCUT2D eigenvalue weighted by atomic mass is 79.9. The molecule has 0 radical (unpaired) electrons. The summed E-state index contributed by atoms with van der Waals surface area (Å²) in [6.45, 7) is 5.50. The average Bonchev–Trinajstić information content (AvgIpc) is 2.09. The van der Waals surface area contributed by atoms with Crippen LogP contribution < -0.4 is 5.32 Å². The lowest BCUT2D eigenvalue weighted by molar-refractivity contribution is -0.742. The molecular weight excluding hydrogens is 292 g/mol. The summed E-state index contributed by atoms with van der Waals surface area (Å²) < 4.78 is 0.931. The van der Waals surface area contributed by atoms with Gasteiger partial charge >= 0.3 is 0 Å². The van der Waals surface area contributed by atoms with E-state index in [4.69, 9.17) is 15.3 Å². The molecule has 94 valence electrons. The lowest BCUT2D eigenvalue weighted by Crippen LogP contribution is -2.07. The molecule has 0 heterocycles. The average molecular weight is 305 g/mol. The maximum absolute atomic E-state index is 10.9. The third-order valence-electron chi connectivity index (χ3n) is 1.73. The number of carbonyl (C=O) groups is 1. The van der Waals surface area contributed by atoms with Gasteiger partial charge in [-0.05, 0) is 47.0 Å². The first kappa shape index (κ1) is 15.4. The lowest BCUT2D eigenvalue weighted by atomic mass is 10.1.